The van der Waals surface area contributed by atoms with Gasteiger partial charge in [0.2, 0.25) is 0 Å². The molecule has 0 radical (unpaired) electrons. The first-order valence-electron chi connectivity index (χ1n) is 8.56. The summed E-state index contributed by atoms with van der Waals surface area (Å²) in [5, 5.41) is 4.45. The van der Waals surface area contributed by atoms with Gasteiger partial charge in [0.1, 0.15) is 5.01 Å². The first kappa shape index (κ1) is 17.7. The molecule has 2 heterocycles. The van der Waals surface area contributed by atoms with Crippen molar-refractivity contribution in [2.45, 2.75) is 38.6 Å². The van der Waals surface area contributed by atoms with Gasteiger partial charge < -0.3 is 10.2 Å². The maximum Gasteiger partial charge on any atom is 0.193 e. The van der Waals surface area contributed by atoms with Crippen LogP contribution in [0.5, 0.6) is 0 Å². The van der Waals surface area contributed by atoms with Crippen LogP contribution in [0.3, 0.4) is 0 Å². The molecule has 1 aromatic heterocycles. The summed E-state index contributed by atoms with van der Waals surface area (Å²) in [6, 6.07) is 0. The van der Waals surface area contributed by atoms with Crippen molar-refractivity contribution < 1.29 is 8.42 Å². The van der Waals surface area contributed by atoms with Crippen molar-refractivity contribution in [3.05, 3.63) is 15.6 Å². The standard InChI is InChI=1S/C16H26N4O2S2/c1-17-16(18-9-12-7-8-24(21,22)11-12)20(2)10-15-19-13-5-3-4-6-14(13)23-15/h12H,3-11H2,1-2H3,(H,17,18). The number of aryl methyl sites for hydroxylation is 2. The van der Waals surface area contributed by atoms with Gasteiger partial charge in [-0.15, -0.1) is 11.3 Å². The van der Waals surface area contributed by atoms with E-state index in [1.165, 1.54) is 29.8 Å². The highest BCUT2D eigenvalue weighted by atomic mass is 32.2. The van der Waals surface area contributed by atoms with E-state index in [1.807, 2.05) is 18.4 Å². The normalized spacial score (nSPS) is 23.1. The molecular formula is C16H26N4O2S2. The van der Waals surface area contributed by atoms with Gasteiger partial charge in [0.05, 0.1) is 23.7 Å². The monoisotopic (exact) mass is 370 g/mol. The van der Waals surface area contributed by atoms with E-state index in [0.29, 0.717) is 18.1 Å². The van der Waals surface area contributed by atoms with Gasteiger partial charge in [-0.2, -0.15) is 0 Å². The quantitative estimate of drug-likeness (QED) is 0.642. The second kappa shape index (κ2) is 7.39. The molecule has 0 spiro atoms. The summed E-state index contributed by atoms with van der Waals surface area (Å²) in [5.74, 6) is 1.60. The van der Waals surface area contributed by atoms with Crippen molar-refractivity contribution in [1.82, 2.24) is 15.2 Å². The Morgan fingerprint density at radius 3 is 2.88 bits per heavy atom. The average Bonchev–Trinajstić information content (AvgIpc) is 3.10. The number of guanidine groups is 1. The third-order valence-corrected chi connectivity index (χ3v) is 7.69. The molecule has 134 valence electrons. The van der Waals surface area contributed by atoms with E-state index < -0.39 is 9.84 Å². The van der Waals surface area contributed by atoms with Gasteiger partial charge >= 0.3 is 0 Å². The number of aromatic nitrogens is 1. The zero-order valence-electron chi connectivity index (χ0n) is 14.4. The zero-order chi connectivity index (χ0) is 17.2. The predicted molar refractivity (Wildman–Crippen MR) is 98.3 cm³/mol. The topological polar surface area (TPSA) is 74.7 Å². The molecule has 1 aliphatic heterocycles. The minimum Gasteiger partial charge on any atom is -0.356 e. The molecule has 1 unspecified atom stereocenters. The highest BCUT2D eigenvalue weighted by molar-refractivity contribution is 7.91. The number of nitrogens with zero attached hydrogens (tertiary/aromatic N) is 3. The van der Waals surface area contributed by atoms with E-state index in [-0.39, 0.29) is 5.92 Å². The molecule has 1 aromatic rings. The van der Waals surface area contributed by atoms with Gasteiger partial charge in [-0.25, -0.2) is 13.4 Å². The third-order valence-electron chi connectivity index (χ3n) is 4.71. The van der Waals surface area contributed by atoms with Crippen molar-refractivity contribution in [1.29, 1.82) is 0 Å². The zero-order valence-corrected chi connectivity index (χ0v) is 16.0. The maximum atomic E-state index is 11.6. The SMILES string of the molecule is CN=C(NCC1CCS(=O)(=O)C1)N(C)Cc1nc2c(s1)CCCC2. The van der Waals surface area contributed by atoms with Crippen LogP contribution in [-0.2, 0) is 29.2 Å². The Kier molecular flexibility index (Phi) is 5.44. The minimum absolute atomic E-state index is 0.187. The third kappa shape index (κ3) is 4.27. The summed E-state index contributed by atoms with van der Waals surface area (Å²) in [7, 11) is 0.939. The second-order valence-corrected chi connectivity index (χ2v) is 10.1. The van der Waals surface area contributed by atoms with Gasteiger partial charge in [0, 0.05) is 25.5 Å². The summed E-state index contributed by atoms with van der Waals surface area (Å²) >= 11 is 1.82. The molecule has 0 saturated carbocycles. The van der Waals surface area contributed by atoms with Crippen LogP contribution in [0.1, 0.15) is 34.8 Å². The van der Waals surface area contributed by atoms with Gasteiger partial charge in [-0.3, -0.25) is 4.99 Å². The summed E-state index contributed by atoms with van der Waals surface area (Å²) in [6.45, 7) is 1.39. The van der Waals surface area contributed by atoms with E-state index >= 15 is 0 Å². The van der Waals surface area contributed by atoms with E-state index in [2.05, 4.69) is 15.2 Å². The van der Waals surface area contributed by atoms with Crippen LogP contribution in [0.2, 0.25) is 0 Å². The lowest BCUT2D eigenvalue weighted by Crippen LogP contribution is -2.40. The summed E-state index contributed by atoms with van der Waals surface area (Å²) in [6.07, 6.45) is 5.55. The van der Waals surface area contributed by atoms with Crippen LogP contribution in [0.15, 0.2) is 4.99 Å². The fourth-order valence-corrected chi connectivity index (χ4v) is 6.48. The van der Waals surface area contributed by atoms with Gasteiger partial charge in [0.25, 0.3) is 0 Å². The summed E-state index contributed by atoms with van der Waals surface area (Å²) in [5.41, 5.74) is 1.29. The van der Waals surface area contributed by atoms with Crippen LogP contribution in [0, 0.1) is 5.92 Å². The first-order valence-corrected chi connectivity index (χ1v) is 11.2. The van der Waals surface area contributed by atoms with E-state index in [4.69, 9.17) is 4.98 Å². The molecular weight excluding hydrogens is 344 g/mol. The number of rotatable bonds is 4. The minimum atomic E-state index is -2.82. The highest BCUT2D eigenvalue weighted by Gasteiger charge is 2.28. The van der Waals surface area contributed by atoms with E-state index in [9.17, 15) is 8.42 Å². The van der Waals surface area contributed by atoms with Crippen LogP contribution in [0.4, 0.5) is 0 Å². The molecule has 0 bridgehead atoms. The number of hydrogen-bond donors (Lipinski definition) is 1. The molecule has 6 nitrogen and oxygen atoms in total. The molecule has 24 heavy (non-hydrogen) atoms. The van der Waals surface area contributed by atoms with Crippen LogP contribution in [-0.4, -0.2) is 56.4 Å². The average molecular weight is 371 g/mol. The molecule has 1 aliphatic carbocycles. The van der Waals surface area contributed by atoms with Gasteiger partial charge in [-0.1, -0.05) is 0 Å². The molecule has 0 aromatic carbocycles. The van der Waals surface area contributed by atoms with Gasteiger partial charge in [-0.05, 0) is 38.0 Å². The lowest BCUT2D eigenvalue weighted by atomic mass is 10.0. The number of hydrogen-bond acceptors (Lipinski definition) is 5. The number of nitrogens with one attached hydrogen (secondary N) is 1. The van der Waals surface area contributed by atoms with Crippen LogP contribution in [0.25, 0.3) is 0 Å². The largest absolute Gasteiger partial charge is 0.356 e. The summed E-state index contributed by atoms with van der Waals surface area (Å²) < 4.78 is 23.1. The number of thiazole rings is 1. The number of aliphatic imine (C=N–C) groups is 1. The molecule has 1 atom stereocenters. The Hall–Kier alpha value is -1.15. The molecule has 1 saturated heterocycles. The van der Waals surface area contributed by atoms with Gasteiger partial charge in [0.15, 0.2) is 15.8 Å². The molecule has 3 rings (SSSR count). The van der Waals surface area contributed by atoms with Crippen molar-refractivity contribution in [2.75, 3.05) is 32.1 Å². The second-order valence-electron chi connectivity index (χ2n) is 6.74. The van der Waals surface area contributed by atoms with E-state index in [0.717, 1.165) is 30.4 Å². The Balaban J connectivity index is 1.54. The van der Waals surface area contributed by atoms with Crippen LogP contribution < -0.4 is 5.32 Å². The molecule has 2 aliphatic rings. The summed E-state index contributed by atoms with van der Waals surface area (Å²) in [4.78, 5) is 12.6. The number of fused-ring (bicyclic) bond motifs is 1. The maximum absolute atomic E-state index is 11.6. The number of sulfone groups is 1. The fourth-order valence-electron chi connectivity index (χ4n) is 3.40. The van der Waals surface area contributed by atoms with Crippen molar-refractivity contribution in [3.8, 4) is 0 Å². The Morgan fingerprint density at radius 1 is 1.42 bits per heavy atom. The predicted octanol–water partition coefficient (Wildman–Crippen LogP) is 1.46. The first-order chi connectivity index (χ1) is 11.5. The molecule has 1 N–H and O–H groups in total. The smallest absolute Gasteiger partial charge is 0.193 e. The van der Waals surface area contributed by atoms with Crippen molar-refractivity contribution in [3.63, 3.8) is 0 Å². The van der Waals surface area contributed by atoms with Crippen LogP contribution >= 0.6 is 11.3 Å². The Bertz CT molecular complexity index is 688. The fraction of sp³-hybridized carbons (Fsp3) is 0.750. The lowest BCUT2D eigenvalue weighted by Gasteiger charge is -2.22. The molecule has 1 fully saturated rings. The van der Waals surface area contributed by atoms with Crippen molar-refractivity contribution in [2.24, 2.45) is 10.9 Å². The lowest BCUT2D eigenvalue weighted by molar-refractivity contribution is 0.462. The molecule has 0 amide bonds. The Morgan fingerprint density at radius 2 is 2.21 bits per heavy atom. The highest BCUT2D eigenvalue weighted by Crippen LogP contribution is 2.27. The Labute approximate surface area is 148 Å². The molecule has 8 heteroatoms. The van der Waals surface area contributed by atoms with Crippen molar-refractivity contribution >= 4 is 27.1 Å². The van der Waals surface area contributed by atoms with E-state index in [1.54, 1.807) is 7.05 Å².